The third-order valence-electron chi connectivity index (χ3n) is 3.79. The molecule has 2 aromatic rings. The van der Waals surface area contributed by atoms with Crippen molar-refractivity contribution in [1.82, 2.24) is 15.0 Å². The first kappa shape index (κ1) is 15.5. The fourth-order valence-corrected chi connectivity index (χ4v) is 2.63. The van der Waals surface area contributed by atoms with Crippen LogP contribution in [0.5, 0.6) is 5.88 Å². The number of nitrogens with one attached hydrogen (secondary N) is 1. The summed E-state index contributed by atoms with van der Waals surface area (Å²) in [5, 5.41) is 12.2. The van der Waals surface area contributed by atoms with Gasteiger partial charge in [-0.15, -0.1) is 0 Å². The van der Waals surface area contributed by atoms with Crippen molar-refractivity contribution in [3.8, 4) is 5.88 Å². The lowest BCUT2D eigenvalue weighted by atomic mass is 10.1. The molecule has 0 aromatic carbocycles. The molecule has 3 rings (SSSR count). The van der Waals surface area contributed by atoms with Crippen LogP contribution in [0.2, 0.25) is 0 Å². The Morgan fingerprint density at radius 3 is 3.13 bits per heavy atom. The highest BCUT2D eigenvalue weighted by Gasteiger charge is 2.23. The van der Waals surface area contributed by atoms with Gasteiger partial charge in [-0.2, -0.15) is 4.98 Å². The van der Waals surface area contributed by atoms with Crippen molar-refractivity contribution in [2.75, 3.05) is 43.1 Å². The number of hydrogen-bond acceptors (Lipinski definition) is 7. The Kier molecular flexibility index (Phi) is 5.21. The van der Waals surface area contributed by atoms with Crippen LogP contribution in [0.25, 0.3) is 0 Å². The zero-order chi connectivity index (χ0) is 15.9. The maximum Gasteiger partial charge on any atom is 0.234 e. The van der Waals surface area contributed by atoms with Crippen LogP contribution >= 0.6 is 0 Å². The van der Waals surface area contributed by atoms with Gasteiger partial charge in [0.15, 0.2) is 5.82 Å². The van der Waals surface area contributed by atoms with Gasteiger partial charge < -0.3 is 20.1 Å². The molecule has 1 aliphatic heterocycles. The van der Waals surface area contributed by atoms with Gasteiger partial charge in [-0.1, -0.05) is 6.07 Å². The molecule has 0 radical (unpaired) electrons. The summed E-state index contributed by atoms with van der Waals surface area (Å²) in [6, 6.07) is 5.86. The second-order valence-corrected chi connectivity index (χ2v) is 5.48. The number of aliphatic hydroxyl groups is 1. The average molecular weight is 315 g/mol. The van der Waals surface area contributed by atoms with Crippen molar-refractivity contribution in [3.05, 3.63) is 36.8 Å². The number of ether oxygens (including phenoxy) is 1. The lowest BCUT2D eigenvalue weighted by molar-refractivity contribution is 0.196. The maximum atomic E-state index is 8.80. The quantitative estimate of drug-likeness (QED) is 0.794. The maximum absolute atomic E-state index is 8.80. The smallest absolute Gasteiger partial charge is 0.234 e. The summed E-state index contributed by atoms with van der Waals surface area (Å²) >= 11 is 0. The van der Waals surface area contributed by atoms with Gasteiger partial charge in [0, 0.05) is 25.8 Å². The van der Waals surface area contributed by atoms with Gasteiger partial charge in [0.05, 0.1) is 19.0 Å². The molecule has 0 amide bonds. The van der Waals surface area contributed by atoms with E-state index in [1.807, 2.05) is 18.2 Å². The lowest BCUT2D eigenvalue weighted by Gasteiger charge is -2.18. The van der Waals surface area contributed by atoms with Gasteiger partial charge >= 0.3 is 0 Å². The molecule has 1 unspecified atom stereocenters. The molecule has 1 saturated heterocycles. The van der Waals surface area contributed by atoms with Gasteiger partial charge in [0.25, 0.3) is 0 Å². The molecule has 3 heterocycles. The Bertz CT molecular complexity index is 610. The molecule has 1 atom stereocenters. The molecule has 0 bridgehead atoms. The van der Waals surface area contributed by atoms with Crippen molar-refractivity contribution in [1.29, 1.82) is 0 Å². The largest absolute Gasteiger partial charge is 0.474 e. The Morgan fingerprint density at radius 2 is 2.30 bits per heavy atom. The standard InChI is InChI=1S/C16H21N5O2/c22-7-8-23-16-11-17-10-15(20-16)21-6-4-13(12-21)9-19-14-3-1-2-5-18-14/h1-3,5,10-11,13,22H,4,6-9,12H2,(H,18,19). The SMILES string of the molecule is OCCOc1cncc(N2CCC(CNc3ccccn3)C2)n1. The van der Waals surface area contributed by atoms with Crippen LogP contribution in [0.3, 0.4) is 0 Å². The Hall–Kier alpha value is -2.41. The average Bonchev–Trinajstić information content (AvgIpc) is 3.08. The minimum atomic E-state index is -0.0309. The fourth-order valence-electron chi connectivity index (χ4n) is 2.63. The van der Waals surface area contributed by atoms with Gasteiger partial charge in [-0.25, -0.2) is 4.98 Å². The van der Waals surface area contributed by atoms with Crippen LogP contribution in [0.4, 0.5) is 11.6 Å². The van der Waals surface area contributed by atoms with Gasteiger partial charge in [-0.05, 0) is 24.5 Å². The number of rotatable bonds is 7. The molecule has 0 saturated carbocycles. The van der Waals surface area contributed by atoms with E-state index in [0.717, 1.165) is 37.7 Å². The summed E-state index contributed by atoms with van der Waals surface area (Å²) in [4.78, 5) is 15.1. The van der Waals surface area contributed by atoms with Crippen molar-refractivity contribution in [2.45, 2.75) is 6.42 Å². The molecular weight excluding hydrogens is 294 g/mol. The van der Waals surface area contributed by atoms with E-state index in [-0.39, 0.29) is 13.2 Å². The van der Waals surface area contributed by atoms with Crippen LogP contribution in [-0.2, 0) is 0 Å². The summed E-state index contributed by atoms with van der Waals surface area (Å²) in [5.74, 6) is 2.72. The topological polar surface area (TPSA) is 83.4 Å². The third kappa shape index (κ3) is 4.29. The second kappa shape index (κ2) is 7.73. The first-order chi connectivity index (χ1) is 11.3. The van der Waals surface area contributed by atoms with Crippen LogP contribution in [0.15, 0.2) is 36.8 Å². The molecule has 7 heteroatoms. The molecule has 0 aliphatic carbocycles. The van der Waals surface area contributed by atoms with Crippen LogP contribution in [0.1, 0.15) is 6.42 Å². The number of pyridine rings is 1. The molecule has 2 N–H and O–H groups in total. The van der Waals surface area contributed by atoms with Crippen LogP contribution in [-0.4, -0.2) is 52.9 Å². The van der Waals surface area contributed by atoms with E-state index in [9.17, 15) is 0 Å². The van der Waals surface area contributed by atoms with E-state index in [1.165, 1.54) is 0 Å². The number of hydrogen-bond donors (Lipinski definition) is 2. The van der Waals surface area contributed by atoms with E-state index in [1.54, 1.807) is 18.6 Å². The molecular formula is C16H21N5O2. The fraction of sp³-hybridized carbons (Fsp3) is 0.438. The monoisotopic (exact) mass is 315 g/mol. The minimum absolute atomic E-state index is 0.0309. The summed E-state index contributed by atoms with van der Waals surface area (Å²) in [5.41, 5.74) is 0. The Balaban J connectivity index is 1.53. The zero-order valence-corrected chi connectivity index (χ0v) is 12.9. The van der Waals surface area contributed by atoms with Crippen LogP contribution in [0, 0.1) is 5.92 Å². The highest BCUT2D eigenvalue weighted by molar-refractivity contribution is 5.39. The van der Waals surface area contributed by atoms with Gasteiger partial charge in [-0.3, -0.25) is 4.98 Å². The summed E-state index contributed by atoms with van der Waals surface area (Å²) in [6.45, 7) is 2.97. The number of anilines is 2. The molecule has 23 heavy (non-hydrogen) atoms. The molecule has 122 valence electrons. The number of aliphatic hydroxyl groups excluding tert-OH is 1. The van der Waals surface area contributed by atoms with Crippen LogP contribution < -0.4 is 15.0 Å². The zero-order valence-electron chi connectivity index (χ0n) is 12.9. The van der Waals surface area contributed by atoms with Gasteiger partial charge in [0.1, 0.15) is 12.4 Å². The normalized spacial score (nSPS) is 17.3. The highest BCUT2D eigenvalue weighted by atomic mass is 16.5. The second-order valence-electron chi connectivity index (χ2n) is 5.48. The predicted molar refractivity (Wildman–Crippen MR) is 87.7 cm³/mol. The van der Waals surface area contributed by atoms with E-state index >= 15 is 0 Å². The molecule has 0 spiro atoms. The van der Waals surface area contributed by atoms with E-state index in [4.69, 9.17) is 9.84 Å². The van der Waals surface area contributed by atoms with Crippen molar-refractivity contribution in [2.24, 2.45) is 5.92 Å². The van der Waals surface area contributed by atoms with Crippen molar-refractivity contribution in [3.63, 3.8) is 0 Å². The third-order valence-corrected chi connectivity index (χ3v) is 3.79. The first-order valence-corrected chi connectivity index (χ1v) is 7.80. The Labute approximate surface area is 135 Å². The number of nitrogens with zero attached hydrogens (tertiary/aromatic N) is 4. The summed E-state index contributed by atoms with van der Waals surface area (Å²) in [6.07, 6.45) is 6.20. The number of aromatic nitrogens is 3. The van der Waals surface area contributed by atoms with E-state index in [2.05, 4.69) is 25.2 Å². The first-order valence-electron chi connectivity index (χ1n) is 7.80. The highest BCUT2D eigenvalue weighted by Crippen LogP contribution is 2.23. The van der Waals surface area contributed by atoms with E-state index < -0.39 is 0 Å². The molecule has 1 aliphatic rings. The van der Waals surface area contributed by atoms with E-state index in [0.29, 0.717) is 11.8 Å². The minimum Gasteiger partial charge on any atom is -0.474 e. The molecule has 1 fully saturated rings. The van der Waals surface area contributed by atoms with Crippen molar-refractivity contribution >= 4 is 11.6 Å². The summed E-state index contributed by atoms with van der Waals surface area (Å²) in [7, 11) is 0. The summed E-state index contributed by atoms with van der Waals surface area (Å²) < 4.78 is 5.32. The van der Waals surface area contributed by atoms with Gasteiger partial charge in [0.2, 0.25) is 5.88 Å². The molecule has 2 aromatic heterocycles. The molecule has 7 nitrogen and oxygen atoms in total. The lowest BCUT2D eigenvalue weighted by Crippen LogP contribution is -2.23. The van der Waals surface area contributed by atoms with Crippen molar-refractivity contribution < 1.29 is 9.84 Å². The Morgan fingerprint density at radius 1 is 1.35 bits per heavy atom. The predicted octanol–water partition coefficient (Wildman–Crippen LogP) is 1.18.